The van der Waals surface area contributed by atoms with E-state index in [0.29, 0.717) is 11.3 Å². The fourth-order valence-corrected chi connectivity index (χ4v) is 3.05. The molecule has 0 spiro atoms. The van der Waals surface area contributed by atoms with Gasteiger partial charge in [0.2, 0.25) is 5.71 Å². The second kappa shape index (κ2) is 4.81. The van der Waals surface area contributed by atoms with Gasteiger partial charge in [0.1, 0.15) is 17.1 Å². The Labute approximate surface area is 132 Å². The fraction of sp³-hybridized carbons (Fsp3) is 0.105. The molecular weight excluding hydrogens is 293 g/mol. The predicted octanol–water partition coefficient (Wildman–Crippen LogP) is 5.11. The summed E-state index contributed by atoms with van der Waals surface area (Å²) in [5.74, 6) is -0.164. The molecule has 1 N–H and O–H groups in total. The van der Waals surface area contributed by atoms with E-state index in [1.165, 1.54) is 12.1 Å². The number of phenolic OH excluding ortho intramolecular Hbond substituents is 1. The van der Waals surface area contributed by atoms with Crippen LogP contribution in [0.15, 0.2) is 46.9 Å². The minimum absolute atomic E-state index is 0.138. The van der Waals surface area contributed by atoms with Gasteiger partial charge in [0.15, 0.2) is 0 Å². The molecule has 23 heavy (non-hydrogen) atoms. The summed E-state index contributed by atoms with van der Waals surface area (Å²) in [5.41, 5.74) is 4.61. The lowest BCUT2D eigenvalue weighted by atomic mass is 10.0. The van der Waals surface area contributed by atoms with Crippen molar-refractivity contribution in [2.75, 3.05) is 0 Å². The third-order valence-electron chi connectivity index (χ3n) is 4.01. The van der Waals surface area contributed by atoms with Crippen molar-refractivity contribution in [3.8, 4) is 16.9 Å². The number of aromatic nitrogens is 1. The van der Waals surface area contributed by atoms with Crippen molar-refractivity contribution >= 4 is 22.1 Å². The Balaban J connectivity index is 2.13. The van der Waals surface area contributed by atoms with E-state index in [1.54, 1.807) is 24.3 Å². The molecular formula is C19H14FNO2. The molecule has 2 aromatic heterocycles. The van der Waals surface area contributed by atoms with E-state index >= 15 is 0 Å². The molecule has 0 atom stereocenters. The number of hydrogen-bond acceptors (Lipinski definition) is 3. The van der Waals surface area contributed by atoms with Crippen LogP contribution in [0.5, 0.6) is 5.75 Å². The number of nitrogens with zero attached hydrogens (tertiary/aromatic N) is 1. The number of phenols is 1. The van der Waals surface area contributed by atoms with Crippen LogP contribution in [-0.4, -0.2) is 10.1 Å². The predicted molar refractivity (Wildman–Crippen MR) is 88.0 cm³/mol. The number of halogens is 1. The maximum Gasteiger partial charge on any atom is 0.227 e. The number of benzene rings is 2. The van der Waals surface area contributed by atoms with Gasteiger partial charge in [0, 0.05) is 16.6 Å². The quantitative estimate of drug-likeness (QED) is 0.531. The van der Waals surface area contributed by atoms with Gasteiger partial charge < -0.3 is 9.52 Å². The average molecular weight is 307 g/mol. The van der Waals surface area contributed by atoms with Crippen LogP contribution in [-0.2, 0) is 0 Å². The summed E-state index contributed by atoms with van der Waals surface area (Å²) in [6, 6.07) is 11.4. The van der Waals surface area contributed by atoms with Crippen molar-refractivity contribution in [2.45, 2.75) is 13.8 Å². The molecule has 0 unspecified atom stereocenters. The average Bonchev–Trinajstić information content (AvgIpc) is 2.85. The molecule has 0 saturated carbocycles. The number of aromatic hydroxyl groups is 1. The fourth-order valence-electron chi connectivity index (χ4n) is 3.05. The molecule has 3 nitrogen and oxygen atoms in total. The molecule has 0 aliphatic carbocycles. The summed E-state index contributed by atoms with van der Waals surface area (Å²) in [6.45, 7) is 3.91. The van der Waals surface area contributed by atoms with Gasteiger partial charge in [-0.3, -0.25) is 0 Å². The first-order valence-corrected chi connectivity index (χ1v) is 7.32. The molecule has 4 rings (SSSR count). The monoisotopic (exact) mass is 307 g/mol. The van der Waals surface area contributed by atoms with Crippen LogP contribution in [0.4, 0.5) is 4.39 Å². The van der Waals surface area contributed by atoms with Gasteiger partial charge in [-0.1, -0.05) is 12.1 Å². The highest BCUT2D eigenvalue weighted by atomic mass is 19.1. The third-order valence-corrected chi connectivity index (χ3v) is 4.01. The normalized spacial score (nSPS) is 11.4. The Hall–Kier alpha value is -2.88. The molecule has 114 valence electrons. The summed E-state index contributed by atoms with van der Waals surface area (Å²) >= 11 is 0. The highest BCUT2D eigenvalue weighted by Crippen LogP contribution is 2.39. The van der Waals surface area contributed by atoms with E-state index in [4.69, 9.17) is 4.42 Å². The van der Waals surface area contributed by atoms with E-state index in [0.717, 1.165) is 33.2 Å². The molecule has 0 aliphatic heterocycles. The van der Waals surface area contributed by atoms with Gasteiger partial charge in [-0.25, -0.2) is 9.37 Å². The van der Waals surface area contributed by atoms with E-state index in [2.05, 4.69) is 4.98 Å². The van der Waals surface area contributed by atoms with Gasteiger partial charge in [0.05, 0.1) is 5.39 Å². The molecule has 0 radical (unpaired) electrons. The molecule has 0 aliphatic rings. The van der Waals surface area contributed by atoms with E-state index in [9.17, 15) is 9.50 Å². The zero-order valence-electron chi connectivity index (χ0n) is 12.7. The number of hydrogen-bond donors (Lipinski definition) is 1. The van der Waals surface area contributed by atoms with Crippen LogP contribution >= 0.6 is 0 Å². The summed E-state index contributed by atoms with van der Waals surface area (Å²) in [7, 11) is 0. The SMILES string of the molecule is Cc1cc(C)c2c(n1)oc1c(-c3ccc(F)cc3)cc(O)cc12. The van der Waals surface area contributed by atoms with Gasteiger partial charge >= 0.3 is 0 Å². The maximum atomic E-state index is 13.2. The summed E-state index contributed by atoms with van der Waals surface area (Å²) in [6.07, 6.45) is 0. The summed E-state index contributed by atoms with van der Waals surface area (Å²) in [5, 5.41) is 11.8. The summed E-state index contributed by atoms with van der Waals surface area (Å²) < 4.78 is 19.1. The Kier molecular flexibility index (Phi) is 2.88. The lowest BCUT2D eigenvalue weighted by molar-refractivity contribution is 0.476. The van der Waals surface area contributed by atoms with Crippen LogP contribution in [0.1, 0.15) is 11.3 Å². The van der Waals surface area contributed by atoms with Crippen LogP contribution in [0, 0.1) is 19.7 Å². The van der Waals surface area contributed by atoms with Crippen molar-refractivity contribution in [1.29, 1.82) is 0 Å². The van der Waals surface area contributed by atoms with Gasteiger partial charge in [0.25, 0.3) is 0 Å². The van der Waals surface area contributed by atoms with Crippen molar-refractivity contribution in [3.05, 3.63) is 59.5 Å². The highest BCUT2D eigenvalue weighted by Gasteiger charge is 2.16. The smallest absolute Gasteiger partial charge is 0.227 e. The number of pyridine rings is 1. The molecule has 4 heteroatoms. The Morgan fingerprint density at radius 1 is 1.04 bits per heavy atom. The lowest BCUT2D eigenvalue weighted by Gasteiger charge is -2.04. The number of aryl methyl sites for hydroxylation is 2. The van der Waals surface area contributed by atoms with Crippen LogP contribution < -0.4 is 0 Å². The van der Waals surface area contributed by atoms with Crippen molar-refractivity contribution in [2.24, 2.45) is 0 Å². The van der Waals surface area contributed by atoms with Crippen molar-refractivity contribution in [3.63, 3.8) is 0 Å². The number of fused-ring (bicyclic) bond motifs is 3. The van der Waals surface area contributed by atoms with Gasteiger partial charge in [-0.05, 0) is 55.3 Å². The molecule has 0 amide bonds. The van der Waals surface area contributed by atoms with E-state index in [1.807, 2.05) is 19.9 Å². The van der Waals surface area contributed by atoms with Crippen LogP contribution in [0.2, 0.25) is 0 Å². The molecule has 0 bridgehead atoms. The van der Waals surface area contributed by atoms with Crippen molar-refractivity contribution < 1.29 is 13.9 Å². The molecule has 4 aromatic rings. The summed E-state index contributed by atoms with van der Waals surface area (Å²) in [4.78, 5) is 4.44. The largest absolute Gasteiger partial charge is 0.508 e. The van der Waals surface area contributed by atoms with Gasteiger partial charge in [-0.2, -0.15) is 0 Å². The Morgan fingerprint density at radius 2 is 1.78 bits per heavy atom. The minimum atomic E-state index is -0.303. The van der Waals surface area contributed by atoms with Crippen LogP contribution in [0.3, 0.4) is 0 Å². The van der Waals surface area contributed by atoms with Crippen molar-refractivity contribution in [1.82, 2.24) is 4.98 Å². The zero-order valence-corrected chi connectivity index (χ0v) is 12.7. The Morgan fingerprint density at radius 3 is 2.52 bits per heavy atom. The third kappa shape index (κ3) is 2.14. The van der Waals surface area contributed by atoms with Gasteiger partial charge in [-0.15, -0.1) is 0 Å². The standard InChI is InChI=1S/C19H14FNO2/c1-10-7-11(2)21-19-17(10)16-9-14(22)8-15(18(16)23-19)12-3-5-13(20)6-4-12/h3-9,22H,1-2H3. The molecule has 0 fully saturated rings. The van der Waals surface area contributed by atoms with Crippen LogP contribution in [0.25, 0.3) is 33.2 Å². The minimum Gasteiger partial charge on any atom is -0.508 e. The van der Waals surface area contributed by atoms with E-state index < -0.39 is 0 Å². The maximum absolute atomic E-state index is 13.2. The van der Waals surface area contributed by atoms with E-state index in [-0.39, 0.29) is 11.6 Å². The molecule has 2 heterocycles. The molecule has 2 aromatic carbocycles. The number of rotatable bonds is 1. The Bertz CT molecular complexity index is 1050. The zero-order chi connectivity index (χ0) is 16.1. The second-order valence-electron chi connectivity index (χ2n) is 5.74. The molecule has 0 saturated heterocycles. The first-order valence-electron chi connectivity index (χ1n) is 7.32. The number of furan rings is 1. The lowest BCUT2D eigenvalue weighted by Crippen LogP contribution is -1.83. The second-order valence-corrected chi connectivity index (χ2v) is 5.74. The first kappa shape index (κ1) is 13.8. The first-order chi connectivity index (χ1) is 11.0. The topological polar surface area (TPSA) is 46.3 Å². The highest BCUT2D eigenvalue weighted by molar-refractivity contribution is 6.10.